The van der Waals surface area contributed by atoms with E-state index in [9.17, 15) is 9.90 Å². The van der Waals surface area contributed by atoms with Gasteiger partial charge in [-0.25, -0.2) is 4.98 Å². The third-order valence-electron chi connectivity index (χ3n) is 3.81. The Morgan fingerprint density at radius 1 is 1.23 bits per heavy atom. The number of carbonyl (C=O) groups excluding carboxylic acids is 1. The normalized spacial score (nSPS) is 11.8. The summed E-state index contributed by atoms with van der Waals surface area (Å²) >= 11 is 0. The molecule has 0 fully saturated rings. The fourth-order valence-corrected chi connectivity index (χ4v) is 2.40. The van der Waals surface area contributed by atoms with Gasteiger partial charge in [0.25, 0.3) is 5.91 Å². The summed E-state index contributed by atoms with van der Waals surface area (Å²) < 4.78 is 10.4. The molecular weight excluding hydrogens is 334 g/mol. The average molecular weight is 353 g/mol. The van der Waals surface area contributed by atoms with Crippen LogP contribution >= 0.6 is 0 Å². The topological polar surface area (TPSA) is 111 Å². The Bertz CT molecular complexity index is 873. The monoisotopic (exact) mass is 353 g/mol. The zero-order chi connectivity index (χ0) is 18.5. The predicted molar refractivity (Wildman–Crippen MR) is 96.2 cm³/mol. The van der Waals surface area contributed by atoms with Gasteiger partial charge >= 0.3 is 0 Å². The van der Waals surface area contributed by atoms with Gasteiger partial charge in [0, 0.05) is 5.69 Å². The number of benzene rings is 2. The highest BCUT2D eigenvalue weighted by Gasteiger charge is 2.17. The quantitative estimate of drug-likeness (QED) is 0.628. The van der Waals surface area contributed by atoms with Crippen LogP contribution in [0.4, 0.5) is 5.69 Å². The third-order valence-corrected chi connectivity index (χ3v) is 3.81. The van der Waals surface area contributed by atoms with Crippen molar-refractivity contribution in [1.82, 2.24) is 4.98 Å². The summed E-state index contributed by atoms with van der Waals surface area (Å²) in [5.41, 5.74) is 7.80. The number of hydrogen-bond acceptors (Lipinski definition) is 6. The first kappa shape index (κ1) is 17.5. The molecule has 0 spiro atoms. The van der Waals surface area contributed by atoms with Gasteiger partial charge in [0.2, 0.25) is 5.89 Å². The minimum absolute atomic E-state index is 0.150. The summed E-state index contributed by atoms with van der Waals surface area (Å²) in [6, 6.07) is 13.2. The molecule has 7 heteroatoms. The lowest BCUT2D eigenvalue weighted by Crippen LogP contribution is -2.16. The van der Waals surface area contributed by atoms with E-state index in [4.69, 9.17) is 14.9 Å². The number of amides is 1. The highest BCUT2D eigenvalue weighted by atomic mass is 16.5. The maximum absolute atomic E-state index is 12.3. The molecule has 0 aliphatic heterocycles. The number of carbonyl (C=O) groups is 1. The van der Waals surface area contributed by atoms with E-state index in [1.807, 2.05) is 0 Å². The van der Waals surface area contributed by atoms with E-state index in [-0.39, 0.29) is 23.2 Å². The Hall–Kier alpha value is -3.32. The molecule has 134 valence electrons. The van der Waals surface area contributed by atoms with Crippen LogP contribution in [0.3, 0.4) is 0 Å². The standard InChI is InChI=1S/C19H19N3O4/c1-25-15-8-4-13(5-9-15)21-18(24)17-11-26-19(22-17)16(20)10-12-2-6-14(23)7-3-12/h2-9,11,16,23H,10,20H2,1H3,(H,21,24). The van der Waals surface area contributed by atoms with Crippen LogP contribution < -0.4 is 15.8 Å². The molecule has 0 radical (unpaired) electrons. The van der Waals surface area contributed by atoms with Gasteiger partial charge in [-0.1, -0.05) is 12.1 Å². The lowest BCUT2D eigenvalue weighted by atomic mass is 10.1. The summed E-state index contributed by atoms with van der Waals surface area (Å²) in [7, 11) is 1.58. The van der Waals surface area contributed by atoms with Crippen LogP contribution in [0.2, 0.25) is 0 Å². The fourth-order valence-electron chi connectivity index (χ4n) is 2.40. The highest BCUT2D eigenvalue weighted by molar-refractivity contribution is 6.02. The number of nitrogens with zero attached hydrogens (tertiary/aromatic N) is 1. The Balaban J connectivity index is 1.64. The fraction of sp³-hybridized carbons (Fsp3) is 0.158. The number of oxazole rings is 1. The summed E-state index contributed by atoms with van der Waals surface area (Å²) in [5, 5.41) is 12.0. The van der Waals surface area contributed by atoms with Gasteiger partial charge in [-0.2, -0.15) is 0 Å². The van der Waals surface area contributed by atoms with Gasteiger partial charge in [-0.15, -0.1) is 0 Å². The van der Waals surface area contributed by atoms with Crippen LogP contribution in [-0.2, 0) is 6.42 Å². The molecule has 4 N–H and O–H groups in total. The molecular formula is C19H19N3O4. The van der Waals surface area contributed by atoms with Gasteiger partial charge < -0.3 is 25.3 Å². The Morgan fingerprint density at radius 2 is 1.92 bits per heavy atom. The number of aromatic nitrogens is 1. The van der Waals surface area contributed by atoms with Gasteiger partial charge in [0.15, 0.2) is 5.69 Å². The van der Waals surface area contributed by atoms with Crippen molar-refractivity contribution in [2.45, 2.75) is 12.5 Å². The SMILES string of the molecule is COc1ccc(NC(=O)c2coc(C(N)Cc3ccc(O)cc3)n2)cc1. The van der Waals surface area contributed by atoms with Crippen LogP contribution in [0.5, 0.6) is 11.5 Å². The maximum Gasteiger partial charge on any atom is 0.277 e. The molecule has 2 aromatic carbocycles. The van der Waals surface area contributed by atoms with Crippen LogP contribution in [0.15, 0.2) is 59.2 Å². The van der Waals surface area contributed by atoms with Crippen LogP contribution in [0.25, 0.3) is 0 Å². The van der Waals surface area contributed by atoms with E-state index in [0.717, 1.165) is 5.56 Å². The molecule has 1 aromatic heterocycles. The summed E-state index contributed by atoms with van der Waals surface area (Å²) in [6.45, 7) is 0. The van der Waals surface area contributed by atoms with Crippen molar-refractivity contribution in [3.05, 3.63) is 71.9 Å². The molecule has 26 heavy (non-hydrogen) atoms. The summed E-state index contributed by atoms with van der Waals surface area (Å²) in [5.74, 6) is 0.780. The Labute approximate surface area is 150 Å². The zero-order valence-corrected chi connectivity index (χ0v) is 14.2. The van der Waals surface area contributed by atoms with Crippen molar-refractivity contribution in [2.24, 2.45) is 5.73 Å². The number of hydrogen-bond donors (Lipinski definition) is 3. The molecule has 1 amide bonds. The molecule has 3 rings (SSSR count). The van der Waals surface area contributed by atoms with E-state index < -0.39 is 6.04 Å². The first-order valence-corrected chi connectivity index (χ1v) is 7.99. The third kappa shape index (κ3) is 4.20. The molecule has 1 atom stereocenters. The summed E-state index contributed by atoms with van der Waals surface area (Å²) in [4.78, 5) is 16.4. The number of phenolic OH excluding ortho intramolecular Hbond substituents is 1. The highest BCUT2D eigenvalue weighted by Crippen LogP contribution is 2.19. The number of phenols is 1. The number of ether oxygens (including phenoxy) is 1. The second kappa shape index (κ2) is 7.71. The number of anilines is 1. The molecule has 0 aliphatic carbocycles. The van der Waals surface area contributed by atoms with Gasteiger partial charge in [-0.3, -0.25) is 4.79 Å². The molecule has 1 heterocycles. The number of methoxy groups -OCH3 is 1. The van der Waals surface area contributed by atoms with Crippen LogP contribution in [0, 0.1) is 0 Å². The molecule has 0 saturated heterocycles. The van der Waals surface area contributed by atoms with Gasteiger partial charge in [0.05, 0.1) is 13.2 Å². The van der Waals surface area contributed by atoms with E-state index >= 15 is 0 Å². The van der Waals surface area contributed by atoms with Crippen molar-refractivity contribution in [3.8, 4) is 11.5 Å². The minimum atomic E-state index is -0.498. The van der Waals surface area contributed by atoms with E-state index in [1.54, 1.807) is 55.6 Å². The smallest absolute Gasteiger partial charge is 0.277 e. The molecule has 1 unspecified atom stereocenters. The van der Waals surface area contributed by atoms with E-state index in [1.165, 1.54) is 6.26 Å². The van der Waals surface area contributed by atoms with Crippen molar-refractivity contribution in [1.29, 1.82) is 0 Å². The number of nitrogens with two attached hydrogens (primary N) is 1. The summed E-state index contributed by atoms with van der Waals surface area (Å²) in [6.07, 6.45) is 1.76. The lowest BCUT2D eigenvalue weighted by Gasteiger charge is -2.07. The Morgan fingerprint density at radius 3 is 2.58 bits per heavy atom. The second-order valence-corrected chi connectivity index (χ2v) is 5.73. The van der Waals surface area contributed by atoms with Crippen molar-refractivity contribution in [3.63, 3.8) is 0 Å². The van der Waals surface area contributed by atoms with Crippen LogP contribution in [-0.4, -0.2) is 23.1 Å². The van der Waals surface area contributed by atoms with E-state index in [0.29, 0.717) is 17.9 Å². The maximum atomic E-state index is 12.3. The molecule has 0 saturated carbocycles. The minimum Gasteiger partial charge on any atom is -0.508 e. The zero-order valence-electron chi connectivity index (χ0n) is 14.2. The predicted octanol–water partition coefficient (Wildman–Crippen LogP) is 2.88. The number of rotatable bonds is 6. The van der Waals surface area contributed by atoms with Gasteiger partial charge in [-0.05, 0) is 48.4 Å². The molecule has 0 bridgehead atoms. The molecule has 0 aliphatic rings. The Kier molecular flexibility index (Phi) is 5.19. The first-order valence-electron chi connectivity index (χ1n) is 7.99. The van der Waals surface area contributed by atoms with Crippen molar-refractivity contribution in [2.75, 3.05) is 12.4 Å². The van der Waals surface area contributed by atoms with Crippen molar-refractivity contribution >= 4 is 11.6 Å². The number of nitrogens with one attached hydrogen (secondary N) is 1. The molecule has 3 aromatic rings. The lowest BCUT2D eigenvalue weighted by molar-refractivity contribution is 0.102. The number of aromatic hydroxyl groups is 1. The molecule has 7 nitrogen and oxygen atoms in total. The van der Waals surface area contributed by atoms with E-state index in [2.05, 4.69) is 10.3 Å². The van der Waals surface area contributed by atoms with Crippen molar-refractivity contribution < 1.29 is 19.1 Å². The second-order valence-electron chi connectivity index (χ2n) is 5.73. The largest absolute Gasteiger partial charge is 0.508 e. The average Bonchev–Trinajstić information content (AvgIpc) is 3.15. The van der Waals surface area contributed by atoms with Crippen LogP contribution in [0.1, 0.15) is 28.0 Å². The first-order chi connectivity index (χ1) is 12.5. The van der Waals surface area contributed by atoms with Gasteiger partial charge in [0.1, 0.15) is 17.8 Å².